The molecule has 0 aromatic rings. The van der Waals surface area contributed by atoms with Crippen LogP contribution in [0.5, 0.6) is 0 Å². The zero-order valence-corrected chi connectivity index (χ0v) is 11.3. The van der Waals surface area contributed by atoms with Crippen molar-refractivity contribution in [2.24, 2.45) is 0 Å². The van der Waals surface area contributed by atoms with E-state index < -0.39 is 12.0 Å². The van der Waals surface area contributed by atoms with Crippen LogP contribution in [0.4, 0.5) is 0 Å². The Morgan fingerprint density at radius 3 is 2.36 bits per heavy atom. The summed E-state index contributed by atoms with van der Waals surface area (Å²) in [7, 11) is 5.93. The molecule has 0 aliphatic rings. The quantitative estimate of drug-likeness (QED) is 0.436. The van der Waals surface area contributed by atoms with Gasteiger partial charge in [-0.2, -0.15) is 0 Å². The molecule has 0 aliphatic carbocycles. The van der Waals surface area contributed by atoms with E-state index in [4.69, 9.17) is 4.52 Å². The number of nitrogens with zero attached hydrogens (tertiary/aromatic N) is 1. The van der Waals surface area contributed by atoms with Crippen LogP contribution in [0.25, 0.3) is 0 Å². The average molecular weight is 242 g/mol. The second-order valence-electron chi connectivity index (χ2n) is 4.22. The maximum Gasteiger partial charge on any atom is 0.257 e. The van der Waals surface area contributed by atoms with E-state index in [0.29, 0.717) is 17.6 Å². The largest absolute Gasteiger partial charge is 0.376 e. The molecule has 0 rings (SSSR count). The molecule has 0 saturated heterocycles. The van der Waals surface area contributed by atoms with Crippen LogP contribution in [0.3, 0.4) is 0 Å². The van der Waals surface area contributed by atoms with Gasteiger partial charge in [0.2, 0.25) is 0 Å². The average Bonchev–Trinajstić information content (AvgIpc) is 1.78. The Hall–Kier alpha value is 0.460. The monoisotopic (exact) mass is 242 g/mol. The van der Waals surface area contributed by atoms with Gasteiger partial charge >= 0.3 is 0 Å². The molecule has 6 heteroatoms. The molecule has 0 bridgehead atoms. The summed E-state index contributed by atoms with van der Waals surface area (Å²) in [5.74, 6) is 0. The Morgan fingerprint density at radius 1 is 1.50 bits per heavy atom. The lowest BCUT2D eigenvalue weighted by Crippen LogP contribution is -2.40. The molecular weight excluding hydrogens is 221 g/mol. The number of likely N-dealkylation sites (N-methyl/N-ethyl adjacent to an activating group) is 1. The van der Waals surface area contributed by atoms with E-state index in [1.54, 1.807) is 13.6 Å². The van der Waals surface area contributed by atoms with Crippen molar-refractivity contribution in [1.82, 2.24) is 0 Å². The molecule has 0 spiro atoms. The molecule has 4 nitrogen and oxygen atoms in total. The van der Waals surface area contributed by atoms with Crippen LogP contribution >= 0.6 is 18.0 Å². The van der Waals surface area contributed by atoms with Crippen molar-refractivity contribution in [1.29, 1.82) is 0 Å². The second-order valence-corrected chi connectivity index (χ2v) is 9.40. The lowest BCUT2D eigenvalue weighted by molar-refractivity contribution is -0.871. The summed E-state index contributed by atoms with van der Waals surface area (Å²) in [6.07, 6.45) is 0. The molecule has 86 valence electrons. The number of hydrogen-bond donors (Lipinski definition) is 1. The highest BCUT2D eigenvalue weighted by Crippen LogP contribution is 2.57. The Kier molecular flexibility index (Phi) is 5.70. The number of hydrogen-bond acceptors (Lipinski definition) is 4. The van der Waals surface area contributed by atoms with Crippen molar-refractivity contribution in [2.75, 3.05) is 41.0 Å². The summed E-state index contributed by atoms with van der Waals surface area (Å²) in [5.41, 5.74) is -0.641. The maximum absolute atomic E-state index is 11.7. The molecule has 0 fully saturated rings. The van der Waals surface area contributed by atoms with Crippen LogP contribution in [-0.4, -0.2) is 56.0 Å². The van der Waals surface area contributed by atoms with Gasteiger partial charge in [-0.1, -0.05) is 0 Å². The summed E-state index contributed by atoms with van der Waals surface area (Å²) in [6, 6.07) is 0. The van der Waals surface area contributed by atoms with Gasteiger partial charge in [0.25, 0.3) is 6.57 Å². The van der Waals surface area contributed by atoms with E-state index in [-0.39, 0.29) is 0 Å². The summed E-state index contributed by atoms with van der Waals surface area (Å²) in [6.45, 7) is 1.62. The molecule has 14 heavy (non-hydrogen) atoms. The van der Waals surface area contributed by atoms with Gasteiger partial charge < -0.3 is 14.1 Å². The van der Waals surface area contributed by atoms with Gasteiger partial charge in [0.15, 0.2) is 5.44 Å². The Labute approximate surface area is 90.4 Å². The Morgan fingerprint density at radius 2 is 2.00 bits per heavy atom. The predicted octanol–water partition coefficient (Wildman–Crippen LogP) is 1.60. The molecule has 1 N–H and O–H groups in total. The Bertz CT molecular complexity index is 217. The second kappa shape index (κ2) is 5.52. The van der Waals surface area contributed by atoms with Crippen molar-refractivity contribution in [2.45, 2.75) is 12.4 Å². The predicted molar refractivity (Wildman–Crippen MR) is 61.7 cm³/mol. The minimum absolute atomic E-state index is 0.415. The first kappa shape index (κ1) is 14.5. The van der Waals surface area contributed by atoms with Crippen LogP contribution in [-0.2, 0) is 9.09 Å². The van der Waals surface area contributed by atoms with Crippen molar-refractivity contribution in [3.05, 3.63) is 0 Å². The molecule has 0 saturated carbocycles. The van der Waals surface area contributed by atoms with E-state index in [1.165, 1.54) is 0 Å². The first-order valence-corrected chi connectivity index (χ1v) is 8.11. The van der Waals surface area contributed by atoms with Crippen LogP contribution in [0, 0.1) is 0 Å². The minimum Gasteiger partial charge on any atom is -0.376 e. The van der Waals surface area contributed by atoms with Crippen LogP contribution in [0.1, 0.15) is 6.92 Å². The fourth-order valence-electron chi connectivity index (χ4n) is 0.988. The van der Waals surface area contributed by atoms with E-state index in [2.05, 4.69) is 0 Å². The van der Waals surface area contributed by atoms with Crippen molar-refractivity contribution >= 4 is 18.0 Å². The molecule has 0 amide bonds. The van der Waals surface area contributed by atoms with Gasteiger partial charge in [-0.05, 0) is 18.3 Å². The smallest absolute Gasteiger partial charge is 0.257 e. The van der Waals surface area contributed by atoms with Crippen LogP contribution < -0.4 is 0 Å². The number of rotatable bonds is 6. The van der Waals surface area contributed by atoms with E-state index >= 15 is 0 Å². The van der Waals surface area contributed by atoms with Crippen LogP contribution in [0.15, 0.2) is 0 Å². The fraction of sp³-hybridized carbons (Fsp3) is 1.00. The normalized spacial score (nSPS) is 19.0. The highest BCUT2D eigenvalue weighted by Gasteiger charge is 2.25. The van der Waals surface area contributed by atoms with Crippen molar-refractivity contribution < 1.29 is 18.7 Å². The topological polar surface area (TPSA) is 46.5 Å². The van der Waals surface area contributed by atoms with E-state index in [0.717, 1.165) is 11.4 Å². The fourth-order valence-corrected chi connectivity index (χ4v) is 4.50. The Balaban J connectivity index is 4.06. The molecule has 0 aromatic carbocycles. The van der Waals surface area contributed by atoms with Gasteiger partial charge in [-0.15, -0.1) is 0 Å². The number of aliphatic hydroxyl groups is 1. The van der Waals surface area contributed by atoms with Crippen LogP contribution in [0.2, 0.25) is 0 Å². The minimum atomic E-state index is -2.68. The van der Waals surface area contributed by atoms with Crippen molar-refractivity contribution in [3.8, 4) is 0 Å². The molecule has 0 aromatic heterocycles. The lowest BCUT2D eigenvalue weighted by Gasteiger charge is -2.27. The van der Waals surface area contributed by atoms with E-state index in [1.807, 2.05) is 21.1 Å². The van der Waals surface area contributed by atoms with Gasteiger partial charge in [-0.25, -0.2) is 0 Å². The molecule has 0 radical (unpaired) electrons. The third kappa shape index (κ3) is 7.83. The third-order valence-corrected chi connectivity index (χ3v) is 5.08. The highest BCUT2D eigenvalue weighted by atomic mass is 32.7. The summed E-state index contributed by atoms with van der Waals surface area (Å²) < 4.78 is 17.4. The molecule has 2 atom stereocenters. The van der Waals surface area contributed by atoms with Gasteiger partial charge in [0, 0.05) is 6.66 Å². The molecule has 2 unspecified atom stereocenters. The van der Waals surface area contributed by atoms with Gasteiger partial charge in [0.05, 0.1) is 27.7 Å². The zero-order chi connectivity index (χ0) is 11.4. The first-order chi connectivity index (χ1) is 6.16. The summed E-state index contributed by atoms with van der Waals surface area (Å²) >= 11 is 1.03. The maximum atomic E-state index is 11.7. The summed E-state index contributed by atoms with van der Waals surface area (Å²) in [5, 5.41) is 9.64. The summed E-state index contributed by atoms with van der Waals surface area (Å²) in [4.78, 5) is 0. The zero-order valence-electron chi connectivity index (χ0n) is 9.56. The number of quaternary nitrogens is 1. The first-order valence-electron chi connectivity index (χ1n) is 4.55. The lowest BCUT2D eigenvalue weighted by atomic mass is 10.5. The molecular formula is C8H21NO3PS+. The van der Waals surface area contributed by atoms with Crippen molar-refractivity contribution in [3.63, 3.8) is 0 Å². The van der Waals surface area contributed by atoms with Gasteiger partial charge in [-0.3, -0.25) is 4.57 Å². The number of aliphatic hydroxyl groups excluding tert-OH is 1. The SMILES string of the molecule is CCOP(C)(=O)SC(O)C[N+](C)(C)C. The van der Waals surface area contributed by atoms with E-state index in [9.17, 15) is 9.67 Å². The highest BCUT2D eigenvalue weighted by molar-refractivity contribution is 8.56. The van der Waals surface area contributed by atoms with Gasteiger partial charge in [0.1, 0.15) is 6.54 Å². The molecule has 0 heterocycles. The third-order valence-electron chi connectivity index (χ3n) is 1.38. The molecule has 0 aliphatic heterocycles. The standard InChI is InChI=1S/C8H21NO3PS/c1-6-12-13(5,11)14-8(10)7-9(2,3)4/h8,10H,6-7H2,1-5H3/q+1.